The van der Waals surface area contributed by atoms with E-state index in [9.17, 15) is 0 Å². The molecule has 0 bridgehead atoms. The summed E-state index contributed by atoms with van der Waals surface area (Å²) in [5.41, 5.74) is 3.88. The molecule has 1 unspecified atom stereocenters. The van der Waals surface area contributed by atoms with Crippen molar-refractivity contribution < 1.29 is 4.74 Å². The van der Waals surface area contributed by atoms with Gasteiger partial charge >= 0.3 is 0 Å². The molecule has 0 spiro atoms. The molecule has 0 fully saturated rings. The first-order valence-electron chi connectivity index (χ1n) is 8.03. The van der Waals surface area contributed by atoms with Crippen LogP contribution < -0.4 is 10.1 Å². The van der Waals surface area contributed by atoms with Crippen LogP contribution in [0.5, 0.6) is 5.75 Å². The van der Waals surface area contributed by atoms with Crippen LogP contribution in [0, 0.1) is 13.8 Å². The van der Waals surface area contributed by atoms with Gasteiger partial charge in [0.05, 0.1) is 7.11 Å². The van der Waals surface area contributed by atoms with Gasteiger partial charge in [-0.25, -0.2) is 0 Å². The van der Waals surface area contributed by atoms with Crippen LogP contribution in [0.2, 0.25) is 0 Å². The van der Waals surface area contributed by atoms with Crippen LogP contribution in [0.4, 0.5) is 0 Å². The maximum Gasteiger partial charge on any atom is 0.126 e. The van der Waals surface area contributed by atoms with E-state index in [4.69, 9.17) is 4.74 Å². The summed E-state index contributed by atoms with van der Waals surface area (Å²) in [6.45, 7) is 9.72. The lowest BCUT2D eigenvalue weighted by molar-refractivity contribution is 0.390. The van der Waals surface area contributed by atoms with E-state index < -0.39 is 0 Å². The van der Waals surface area contributed by atoms with Crippen molar-refractivity contribution in [2.24, 2.45) is 0 Å². The monoisotopic (exact) mass is 277 g/mol. The highest BCUT2D eigenvalue weighted by molar-refractivity contribution is 5.46. The van der Waals surface area contributed by atoms with E-state index in [0.717, 1.165) is 12.3 Å². The fraction of sp³-hybridized carbons (Fsp3) is 0.667. The van der Waals surface area contributed by atoms with Crippen LogP contribution in [0.25, 0.3) is 0 Å². The van der Waals surface area contributed by atoms with Crippen molar-refractivity contribution in [2.45, 2.75) is 65.8 Å². The topological polar surface area (TPSA) is 21.3 Å². The van der Waals surface area contributed by atoms with Gasteiger partial charge in [-0.15, -0.1) is 0 Å². The summed E-state index contributed by atoms with van der Waals surface area (Å²) < 4.78 is 5.67. The highest BCUT2D eigenvalue weighted by Gasteiger charge is 2.17. The summed E-state index contributed by atoms with van der Waals surface area (Å²) in [6, 6.07) is 4.85. The van der Waals surface area contributed by atoms with Crippen LogP contribution in [0.3, 0.4) is 0 Å². The average molecular weight is 277 g/mol. The Hall–Kier alpha value is -1.02. The van der Waals surface area contributed by atoms with Crippen LogP contribution in [-0.4, -0.2) is 13.7 Å². The second-order valence-corrected chi connectivity index (χ2v) is 5.59. The third-order valence-electron chi connectivity index (χ3n) is 4.08. The Balaban J connectivity index is 2.87. The van der Waals surface area contributed by atoms with Crippen molar-refractivity contribution in [3.05, 3.63) is 28.8 Å². The summed E-state index contributed by atoms with van der Waals surface area (Å²) in [5, 5.41) is 3.62. The SMILES string of the molecule is CCCCCCC(NCC)c1ccc(C)c(C)c1OC. The molecule has 0 radical (unpaired) electrons. The van der Waals surface area contributed by atoms with Gasteiger partial charge in [-0.05, 0) is 37.9 Å². The number of aryl methyl sites for hydroxylation is 1. The zero-order chi connectivity index (χ0) is 15.0. The lowest BCUT2D eigenvalue weighted by Crippen LogP contribution is -2.21. The van der Waals surface area contributed by atoms with E-state index >= 15 is 0 Å². The molecule has 20 heavy (non-hydrogen) atoms. The molecule has 0 aliphatic carbocycles. The van der Waals surface area contributed by atoms with E-state index in [-0.39, 0.29) is 0 Å². The number of unbranched alkanes of at least 4 members (excludes halogenated alkanes) is 3. The third kappa shape index (κ3) is 4.52. The highest BCUT2D eigenvalue weighted by atomic mass is 16.5. The Morgan fingerprint density at radius 3 is 2.45 bits per heavy atom. The van der Waals surface area contributed by atoms with Gasteiger partial charge in [0.1, 0.15) is 5.75 Å². The largest absolute Gasteiger partial charge is 0.496 e. The van der Waals surface area contributed by atoms with Crippen molar-refractivity contribution in [2.75, 3.05) is 13.7 Å². The smallest absolute Gasteiger partial charge is 0.126 e. The second kappa shape index (κ2) is 9.02. The summed E-state index contributed by atoms with van der Waals surface area (Å²) in [5.74, 6) is 1.06. The molecule has 0 saturated carbocycles. The van der Waals surface area contributed by atoms with Crippen LogP contribution in [-0.2, 0) is 0 Å². The van der Waals surface area contributed by atoms with Crippen molar-refractivity contribution >= 4 is 0 Å². The minimum atomic E-state index is 0.408. The van der Waals surface area contributed by atoms with E-state index in [1.807, 2.05) is 0 Å². The van der Waals surface area contributed by atoms with Gasteiger partial charge in [-0.3, -0.25) is 0 Å². The molecule has 0 aliphatic rings. The summed E-state index contributed by atoms with van der Waals surface area (Å²) in [7, 11) is 1.78. The Kier molecular flexibility index (Phi) is 7.68. The molecule has 1 N–H and O–H groups in total. The molecule has 0 amide bonds. The van der Waals surface area contributed by atoms with Gasteiger partial charge in [0.15, 0.2) is 0 Å². The number of benzene rings is 1. The van der Waals surface area contributed by atoms with Crippen molar-refractivity contribution in [3.63, 3.8) is 0 Å². The minimum Gasteiger partial charge on any atom is -0.496 e. The van der Waals surface area contributed by atoms with Crippen molar-refractivity contribution in [1.29, 1.82) is 0 Å². The fourth-order valence-electron chi connectivity index (χ4n) is 2.75. The molecule has 2 heteroatoms. The molecule has 114 valence electrons. The molecule has 0 saturated heterocycles. The lowest BCUT2D eigenvalue weighted by atomic mass is 9.95. The van der Waals surface area contributed by atoms with Crippen molar-refractivity contribution in [3.8, 4) is 5.75 Å². The zero-order valence-corrected chi connectivity index (χ0v) is 13.9. The molecular weight excluding hydrogens is 246 g/mol. The second-order valence-electron chi connectivity index (χ2n) is 5.59. The molecule has 1 aromatic carbocycles. The molecule has 1 rings (SSSR count). The number of hydrogen-bond acceptors (Lipinski definition) is 2. The van der Waals surface area contributed by atoms with Gasteiger partial charge in [0.25, 0.3) is 0 Å². The molecule has 1 atom stereocenters. The van der Waals surface area contributed by atoms with Crippen molar-refractivity contribution in [1.82, 2.24) is 5.32 Å². The maximum absolute atomic E-state index is 5.67. The van der Waals surface area contributed by atoms with Gasteiger partial charge in [0, 0.05) is 11.6 Å². The van der Waals surface area contributed by atoms with Crippen LogP contribution >= 0.6 is 0 Å². The van der Waals surface area contributed by atoms with Gasteiger partial charge < -0.3 is 10.1 Å². The molecule has 2 nitrogen and oxygen atoms in total. The Morgan fingerprint density at radius 1 is 1.10 bits per heavy atom. The quantitative estimate of drug-likeness (QED) is 0.646. The first-order valence-corrected chi connectivity index (χ1v) is 8.03. The first-order chi connectivity index (χ1) is 9.65. The average Bonchev–Trinajstić information content (AvgIpc) is 2.45. The van der Waals surface area contributed by atoms with Gasteiger partial charge in [-0.1, -0.05) is 51.7 Å². The highest BCUT2D eigenvalue weighted by Crippen LogP contribution is 2.33. The molecule has 1 aromatic rings. The molecular formula is C18H31NO. The molecule has 0 aromatic heterocycles. The van der Waals surface area contributed by atoms with Gasteiger partial charge in [-0.2, -0.15) is 0 Å². The fourth-order valence-corrected chi connectivity index (χ4v) is 2.75. The van der Waals surface area contributed by atoms with E-state index in [1.165, 1.54) is 48.8 Å². The predicted molar refractivity (Wildman–Crippen MR) is 87.6 cm³/mol. The summed E-state index contributed by atoms with van der Waals surface area (Å²) >= 11 is 0. The molecule has 0 heterocycles. The Bertz CT molecular complexity index is 401. The van der Waals surface area contributed by atoms with Crippen LogP contribution in [0.15, 0.2) is 12.1 Å². The summed E-state index contributed by atoms with van der Waals surface area (Å²) in [6.07, 6.45) is 6.42. The van der Waals surface area contributed by atoms with E-state index in [0.29, 0.717) is 6.04 Å². The summed E-state index contributed by atoms with van der Waals surface area (Å²) in [4.78, 5) is 0. The number of methoxy groups -OCH3 is 1. The first kappa shape index (κ1) is 17.0. The predicted octanol–water partition coefficient (Wildman–Crippen LogP) is 4.93. The molecule has 0 aliphatic heterocycles. The lowest BCUT2D eigenvalue weighted by Gasteiger charge is -2.22. The number of ether oxygens (including phenoxy) is 1. The normalized spacial score (nSPS) is 12.4. The zero-order valence-electron chi connectivity index (χ0n) is 13.9. The van der Waals surface area contributed by atoms with E-state index in [2.05, 4.69) is 45.1 Å². The van der Waals surface area contributed by atoms with Crippen LogP contribution in [0.1, 0.15) is 68.7 Å². The minimum absolute atomic E-state index is 0.408. The standard InChI is InChI=1S/C18H31NO/c1-6-8-9-10-11-17(19-7-2)16-13-12-14(3)15(4)18(16)20-5/h12-13,17,19H,6-11H2,1-5H3. The Labute approximate surface area is 124 Å². The number of rotatable bonds is 9. The maximum atomic E-state index is 5.67. The third-order valence-corrected chi connectivity index (χ3v) is 4.08. The Morgan fingerprint density at radius 2 is 1.85 bits per heavy atom. The van der Waals surface area contributed by atoms with Gasteiger partial charge in [0.2, 0.25) is 0 Å². The number of nitrogens with one attached hydrogen (secondary N) is 1. The number of hydrogen-bond donors (Lipinski definition) is 1. The van der Waals surface area contributed by atoms with E-state index in [1.54, 1.807) is 7.11 Å².